The number of hydrogen-bond donors (Lipinski definition) is 2. The molecule has 16 heavy (non-hydrogen) atoms. The van der Waals surface area contributed by atoms with E-state index in [0.29, 0.717) is 12.0 Å². The van der Waals surface area contributed by atoms with Gasteiger partial charge >= 0.3 is 0 Å². The van der Waals surface area contributed by atoms with Crippen molar-refractivity contribution < 1.29 is 0 Å². The fourth-order valence-electron chi connectivity index (χ4n) is 1.86. The number of nitrogens with two attached hydrogens (primary N) is 1. The van der Waals surface area contributed by atoms with Gasteiger partial charge in [0, 0.05) is 11.1 Å². The minimum absolute atomic E-state index is 0.292. The molecule has 1 aromatic rings. The van der Waals surface area contributed by atoms with Crippen molar-refractivity contribution in [3.63, 3.8) is 0 Å². The van der Waals surface area contributed by atoms with Crippen molar-refractivity contribution in [1.29, 1.82) is 0 Å². The number of rotatable bonds is 5. The normalized spacial score (nSPS) is 13.1. The summed E-state index contributed by atoms with van der Waals surface area (Å²) in [4.78, 5) is 0. The van der Waals surface area contributed by atoms with E-state index >= 15 is 0 Å². The summed E-state index contributed by atoms with van der Waals surface area (Å²) in [5.41, 5.74) is 5.22. The Morgan fingerprint density at radius 3 is 2.56 bits per heavy atom. The molecule has 0 saturated heterocycles. The molecule has 2 nitrogen and oxygen atoms in total. The molecule has 0 spiro atoms. The molecule has 3 heteroatoms. The maximum absolute atomic E-state index is 6.20. The van der Waals surface area contributed by atoms with E-state index < -0.39 is 0 Å². The van der Waals surface area contributed by atoms with Gasteiger partial charge in [-0.1, -0.05) is 37.6 Å². The van der Waals surface area contributed by atoms with Crippen LogP contribution in [0.5, 0.6) is 0 Å². The number of nitrogens with one attached hydrogen (secondary N) is 1. The molecule has 0 aliphatic rings. The molecule has 0 aliphatic carbocycles. The molecule has 1 unspecified atom stereocenters. The number of aryl methyl sites for hydroxylation is 1. The molecular formula is C13H21ClN2. The van der Waals surface area contributed by atoms with Crippen LogP contribution in [0.3, 0.4) is 0 Å². The predicted octanol–water partition coefficient (Wildman–Crippen LogP) is 3.07. The van der Waals surface area contributed by atoms with Crippen molar-refractivity contribution in [2.75, 3.05) is 0 Å². The molecule has 0 amide bonds. The van der Waals surface area contributed by atoms with Crippen molar-refractivity contribution in [1.82, 2.24) is 5.43 Å². The Kier molecular flexibility index (Phi) is 5.26. The van der Waals surface area contributed by atoms with E-state index in [2.05, 4.69) is 31.4 Å². The Labute approximate surface area is 103 Å². The van der Waals surface area contributed by atoms with Gasteiger partial charge in [0.25, 0.3) is 0 Å². The number of hydrogen-bond acceptors (Lipinski definition) is 2. The Hall–Kier alpha value is -0.570. The number of hydrazine groups is 1. The van der Waals surface area contributed by atoms with Gasteiger partial charge in [-0.05, 0) is 42.9 Å². The number of halogens is 1. The lowest BCUT2D eigenvalue weighted by Gasteiger charge is -2.18. The van der Waals surface area contributed by atoms with Gasteiger partial charge in [-0.2, -0.15) is 0 Å². The molecule has 0 aliphatic heterocycles. The SMILES string of the molecule is Cc1ccc(CC(CC(C)C)NN)c(Cl)c1. The lowest BCUT2D eigenvalue weighted by atomic mass is 9.97. The van der Waals surface area contributed by atoms with Gasteiger partial charge in [0.05, 0.1) is 0 Å². The molecule has 1 atom stereocenters. The zero-order valence-corrected chi connectivity index (χ0v) is 11.0. The van der Waals surface area contributed by atoms with Gasteiger partial charge in [-0.3, -0.25) is 11.3 Å². The molecule has 0 radical (unpaired) electrons. The first-order chi connectivity index (χ1) is 7.52. The molecule has 1 aromatic carbocycles. The third-order valence-corrected chi connectivity index (χ3v) is 3.02. The molecule has 0 saturated carbocycles. The van der Waals surface area contributed by atoms with Crippen molar-refractivity contribution in [3.8, 4) is 0 Å². The highest BCUT2D eigenvalue weighted by atomic mass is 35.5. The Balaban J connectivity index is 2.70. The van der Waals surface area contributed by atoms with Crippen LogP contribution < -0.4 is 11.3 Å². The van der Waals surface area contributed by atoms with E-state index in [9.17, 15) is 0 Å². The Bertz CT molecular complexity index is 337. The molecule has 90 valence electrons. The smallest absolute Gasteiger partial charge is 0.0441 e. The van der Waals surface area contributed by atoms with Crippen LogP contribution >= 0.6 is 11.6 Å². The molecule has 0 aromatic heterocycles. The quantitative estimate of drug-likeness (QED) is 0.613. The van der Waals surface area contributed by atoms with Crippen LogP contribution in [-0.2, 0) is 6.42 Å². The fraction of sp³-hybridized carbons (Fsp3) is 0.538. The van der Waals surface area contributed by atoms with E-state index in [1.165, 1.54) is 5.56 Å². The van der Waals surface area contributed by atoms with Gasteiger partial charge < -0.3 is 0 Å². The molecule has 0 bridgehead atoms. The van der Waals surface area contributed by atoms with E-state index in [1.54, 1.807) is 0 Å². The molecule has 3 N–H and O–H groups in total. The highest BCUT2D eigenvalue weighted by Gasteiger charge is 2.11. The second kappa shape index (κ2) is 6.24. The molecule has 0 fully saturated rings. The summed E-state index contributed by atoms with van der Waals surface area (Å²) in [6.07, 6.45) is 1.94. The second-order valence-electron chi connectivity index (χ2n) is 4.79. The fourth-order valence-corrected chi connectivity index (χ4v) is 2.17. The van der Waals surface area contributed by atoms with E-state index in [4.69, 9.17) is 17.4 Å². The minimum Gasteiger partial charge on any atom is -0.271 e. The van der Waals surface area contributed by atoms with E-state index in [0.717, 1.165) is 23.4 Å². The van der Waals surface area contributed by atoms with Crippen LogP contribution in [0.15, 0.2) is 18.2 Å². The zero-order valence-electron chi connectivity index (χ0n) is 10.3. The summed E-state index contributed by atoms with van der Waals surface area (Å²) in [7, 11) is 0. The first-order valence-corrected chi connectivity index (χ1v) is 6.12. The summed E-state index contributed by atoms with van der Waals surface area (Å²) >= 11 is 6.20. The summed E-state index contributed by atoms with van der Waals surface area (Å²) in [5, 5.41) is 0.837. The summed E-state index contributed by atoms with van der Waals surface area (Å²) in [6, 6.07) is 6.46. The van der Waals surface area contributed by atoms with Gasteiger partial charge in [-0.15, -0.1) is 0 Å². The average Bonchev–Trinajstić information content (AvgIpc) is 2.20. The van der Waals surface area contributed by atoms with Crippen LogP contribution in [0, 0.1) is 12.8 Å². The van der Waals surface area contributed by atoms with Crippen LogP contribution in [0.1, 0.15) is 31.4 Å². The standard InChI is InChI=1S/C13H21ClN2/c1-9(2)6-12(16-15)8-11-5-4-10(3)7-13(11)14/h4-5,7,9,12,16H,6,8,15H2,1-3H3. The summed E-state index contributed by atoms with van der Waals surface area (Å²) < 4.78 is 0. The lowest BCUT2D eigenvalue weighted by molar-refractivity contribution is 0.423. The highest BCUT2D eigenvalue weighted by Crippen LogP contribution is 2.20. The maximum Gasteiger partial charge on any atom is 0.0441 e. The molecular weight excluding hydrogens is 220 g/mol. The van der Waals surface area contributed by atoms with Crippen LogP contribution in [0.4, 0.5) is 0 Å². The largest absolute Gasteiger partial charge is 0.271 e. The Morgan fingerprint density at radius 2 is 2.06 bits per heavy atom. The van der Waals surface area contributed by atoms with Crippen molar-refractivity contribution in [2.45, 2.75) is 39.7 Å². The van der Waals surface area contributed by atoms with Crippen LogP contribution in [-0.4, -0.2) is 6.04 Å². The Morgan fingerprint density at radius 1 is 1.38 bits per heavy atom. The third-order valence-electron chi connectivity index (χ3n) is 2.67. The van der Waals surface area contributed by atoms with Crippen molar-refractivity contribution in [2.24, 2.45) is 11.8 Å². The monoisotopic (exact) mass is 240 g/mol. The predicted molar refractivity (Wildman–Crippen MR) is 70.5 cm³/mol. The first-order valence-electron chi connectivity index (χ1n) is 5.74. The number of benzene rings is 1. The second-order valence-corrected chi connectivity index (χ2v) is 5.20. The third kappa shape index (κ3) is 4.12. The first kappa shape index (κ1) is 13.5. The minimum atomic E-state index is 0.292. The summed E-state index contributed by atoms with van der Waals surface area (Å²) in [6.45, 7) is 6.44. The van der Waals surface area contributed by atoms with Crippen molar-refractivity contribution >= 4 is 11.6 Å². The molecule has 1 rings (SSSR count). The highest BCUT2D eigenvalue weighted by molar-refractivity contribution is 6.31. The average molecular weight is 241 g/mol. The molecule has 0 heterocycles. The van der Waals surface area contributed by atoms with Crippen LogP contribution in [0.2, 0.25) is 5.02 Å². The van der Waals surface area contributed by atoms with Gasteiger partial charge in [0.2, 0.25) is 0 Å². The lowest BCUT2D eigenvalue weighted by Crippen LogP contribution is -2.37. The van der Waals surface area contributed by atoms with Crippen LogP contribution in [0.25, 0.3) is 0 Å². The zero-order chi connectivity index (χ0) is 12.1. The van der Waals surface area contributed by atoms with Gasteiger partial charge in [0.15, 0.2) is 0 Å². The van der Waals surface area contributed by atoms with Gasteiger partial charge in [-0.25, -0.2) is 0 Å². The summed E-state index contributed by atoms with van der Waals surface area (Å²) in [5.74, 6) is 6.19. The van der Waals surface area contributed by atoms with Crippen molar-refractivity contribution in [3.05, 3.63) is 34.3 Å². The van der Waals surface area contributed by atoms with E-state index in [-0.39, 0.29) is 0 Å². The van der Waals surface area contributed by atoms with E-state index in [1.807, 2.05) is 13.0 Å². The maximum atomic E-state index is 6.20. The van der Waals surface area contributed by atoms with Gasteiger partial charge in [0.1, 0.15) is 0 Å². The topological polar surface area (TPSA) is 38.0 Å².